The van der Waals surface area contributed by atoms with Crippen molar-refractivity contribution in [1.82, 2.24) is 0 Å². The van der Waals surface area contributed by atoms with Crippen LogP contribution in [0.1, 0.15) is 38.2 Å². The van der Waals surface area contributed by atoms with Gasteiger partial charge in [0, 0.05) is 12.2 Å². The Morgan fingerprint density at radius 2 is 1.94 bits per heavy atom. The molecule has 1 aliphatic rings. The molecule has 2 rings (SSSR count). The van der Waals surface area contributed by atoms with Crippen molar-refractivity contribution in [3.05, 3.63) is 29.8 Å². The molecule has 0 unspecified atom stereocenters. The molecule has 16 heavy (non-hydrogen) atoms. The normalized spacial score (nSPS) is 16.9. The molecule has 0 heterocycles. The number of hydrogen-bond acceptors (Lipinski definition) is 2. The summed E-state index contributed by atoms with van der Waals surface area (Å²) < 4.78 is 0. The fourth-order valence-corrected chi connectivity index (χ4v) is 1.74. The van der Waals surface area contributed by atoms with Crippen molar-refractivity contribution in [2.45, 2.75) is 32.6 Å². The van der Waals surface area contributed by atoms with E-state index in [1.807, 2.05) is 0 Å². The molecule has 1 N–H and O–H groups in total. The highest BCUT2D eigenvalue weighted by Gasteiger charge is 2.42. The zero-order valence-electron chi connectivity index (χ0n) is 9.96. The van der Waals surface area contributed by atoms with Crippen molar-refractivity contribution in [2.24, 2.45) is 5.41 Å². The zero-order valence-corrected chi connectivity index (χ0v) is 9.96. The Balaban J connectivity index is 1.93. The van der Waals surface area contributed by atoms with Crippen LogP contribution in [-0.2, 0) is 0 Å². The first-order valence-corrected chi connectivity index (χ1v) is 5.90. The zero-order chi connectivity index (χ0) is 11.6. The molecule has 2 nitrogen and oxygen atoms in total. The van der Waals surface area contributed by atoms with Gasteiger partial charge in [-0.2, -0.15) is 5.26 Å². The van der Waals surface area contributed by atoms with Gasteiger partial charge in [0.15, 0.2) is 0 Å². The first kappa shape index (κ1) is 11.0. The van der Waals surface area contributed by atoms with Crippen LogP contribution in [0.5, 0.6) is 0 Å². The lowest BCUT2D eigenvalue weighted by Gasteiger charge is -2.11. The molecule has 0 bridgehead atoms. The number of anilines is 1. The minimum Gasteiger partial charge on any atom is -0.383 e. The summed E-state index contributed by atoms with van der Waals surface area (Å²) >= 11 is 0. The van der Waals surface area contributed by atoms with Gasteiger partial charge >= 0.3 is 0 Å². The average molecular weight is 214 g/mol. The van der Waals surface area contributed by atoms with E-state index >= 15 is 0 Å². The second-order valence-corrected chi connectivity index (χ2v) is 5.02. The van der Waals surface area contributed by atoms with Crippen LogP contribution in [0.3, 0.4) is 0 Å². The van der Waals surface area contributed by atoms with E-state index in [4.69, 9.17) is 5.26 Å². The van der Waals surface area contributed by atoms with Gasteiger partial charge in [0.1, 0.15) is 0 Å². The summed E-state index contributed by atoms with van der Waals surface area (Å²) in [6.07, 6.45) is 2.08. The largest absolute Gasteiger partial charge is 0.383 e. The van der Waals surface area contributed by atoms with Crippen LogP contribution in [-0.4, -0.2) is 6.54 Å². The first-order chi connectivity index (χ1) is 7.65. The van der Waals surface area contributed by atoms with Crippen molar-refractivity contribution < 1.29 is 0 Å². The van der Waals surface area contributed by atoms with Crippen LogP contribution < -0.4 is 5.32 Å². The first-order valence-electron chi connectivity index (χ1n) is 5.90. The van der Waals surface area contributed by atoms with E-state index in [1.165, 1.54) is 5.56 Å². The predicted octanol–water partition coefficient (Wildman–Crippen LogP) is 3.53. The number of nitrogens with zero attached hydrogens (tertiary/aromatic N) is 1. The summed E-state index contributed by atoms with van der Waals surface area (Å²) in [6, 6.07) is 10.9. The molecule has 0 amide bonds. The summed E-state index contributed by atoms with van der Waals surface area (Å²) in [4.78, 5) is 0. The van der Waals surface area contributed by atoms with Gasteiger partial charge < -0.3 is 5.32 Å². The Bertz CT molecular complexity index is 394. The van der Waals surface area contributed by atoms with Crippen LogP contribution in [0.2, 0.25) is 0 Å². The molecule has 0 radical (unpaired) electrons. The quantitative estimate of drug-likeness (QED) is 0.832. The van der Waals surface area contributed by atoms with E-state index in [9.17, 15) is 0 Å². The Labute approximate surface area is 97.3 Å². The van der Waals surface area contributed by atoms with Gasteiger partial charge in [-0.05, 0) is 36.5 Å². The SMILES string of the molecule is CC(C)c1ccc(NCC2(C#N)CC2)cc1. The minimum absolute atomic E-state index is 0.0727. The summed E-state index contributed by atoms with van der Waals surface area (Å²) in [5.41, 5.74) is 2.40. The molecule has 2 heteroatoms. The van der Waals surface area contributed by atoms with Gasteiger partial charge in [0.2, 0.25) is 0 Å². The molecule has 84 valence electrons. The molecule has 0 saturated heterocycles. The Hall–Kier alpha value is -1.49. The summed E-state index contributed by atoms with van der Waals surface area (Å²) in [5, 5.41) is 12.3. The molecule has 0 aromatic heterocycles. The van der Waals surface area contributed by atoms with Crippen molar-refractivity contribution in [2.75, 3.05) is 11.9 Å². The van der Waals surface area contributed by atoms with Gasteiger partial charge in [0.05, 0.1) is 11.5 Å². The smallest absolute Gasteiger partial charge is 0.0747 e. The minimum atomic E-state index is -0.0727. The topological polar surface area (TPSA) is 35.8 Å². The Morgan fingerprint density at radius 3 is 2.38 bits per heavy atom. The van der Waals surface area contributed by atoms with Crippen LogP contribution in [0.4, 0.5) is 5.69 Å². The molecule has 1 aliphatic carbocycles. The number of hydrogen-bond donors (Lipinski definition) is 1. The maximum absolute atomic E-state index is 8.96. The highest BCUT2D eigenvalue weighted by molar-refractivity contribution is 5.46. The van der Waals surface area contributed by atoms with Gasteiger partial charge in [-0.25, -0.2) is 0 Å². The highest BCUT2D eigenvalue weighted by atomic mass is 14.9. The van der Waals surface area contributed by atoms with Gasteiger partial charge in [-0.1, -0.05) is 26.0 Å². The molecule has 0 atom stereocenters. The lowest BCUT2D eigenvalue weighted by atomic mass is 10.0. The third kappa shape index (κ3) is 2.36. The molecule has 1 saturated carbocycles. The van der Waals surface area contributed by atoms with Gasteiger partial charge in [0.25, 0.3) is 0 Å². The number of nitrogens with one attached hydrogen (secondary N) is 1. The number of benzene rings is 1. The fraction of sp³-hybridized carbons (Fsp3) is 0.500. The van der Waals surface area contributed by atoms with Gasteiger partial charge in [-0.3, -0.25) is 0 Å². The molecule has 0 aliphatic heterocycles. The molecule has 1 fully saturated rings. The Morgan fingerprint density at radius 1 is 1.31 bits per heavy atom. The summed E-state index contributed by atoms with van der Waals surface area (Å²) in [6.45, 7) is 5.17. The summed E-state index contributed by atoms with van der Waals surface area (Å²) in [7, 11) is 0. The second kappa shape index (κ2) is 4.17. The number of nitriles is 1. The van der Waals surface area contributed by atoms with E-state index in [0.717, 1.165) is 25.1 Å². The van der Waals surface area contributed by atoms with Crippen molar-refractivity contribution in [3.63, 3.8) is 0 Å². The standard InChI is InChI=1S/C14H18N2/c1-11(2)12-3-5-13(6-4-12)16-10-14(9-15)7-8-14/h3-6,11,16H,7-8,10H2,1-2H3. The van der Waals surface area contributed by atoms with E-state index in [-0.39, 0.29) is 5.41 Å². The van der Waals surface area contributed by atoms with E-state index in [2.05, 4.69) is 49.5 Å². The number of rotatable bonds is 4. The van der Waals surface area contributed by atoms with Crippen molar-refractivity contribution in [3.8, 4) is 6.07 Å². The van der Waals surface area contributed by atoms with Crippen LogP contribution in [0, 0.1) is 16.7 Å². The molecule has 0 spiro atoms. The summed E-state index contributed by atoms with van der Waals surface area (Å²) in [5.74, 6) is 0.572. The molecular weight excluding hydrogens is 196 g/mol. The maximum Gasteiger partial charge on any atom is 0.0747 e. The van der Waals surface area contributed by atoms with Crippen LogP contribution in [0.15, 0.2) is 24.3 Å². The lowest BCUT2D eigenvalue weighted by Crippen LogP contribution is -2.13. The molecular formula is C14H18N2. The lowest BCUT2D eigenvalue weighted by molar-refractivity contribution is 0.711. The second-order valence-electron chi connectivity index (χ2n) is 5.02. The fourth-order valence-electron chi connectivity index (χ4n) is 1.74. The maximum atomic E-state index is 8.96. The van der Waals surface area contributed by atoms with Gasteiger partial charge in [-0.15, -0.1) is 0 Å². The van der Waals surface area contributed by atoms with Crippen LogP contribution in [0.25, 0.3) is 0 Å². The Kier molecular flexibility index (Phi) is 2.87. The predicted molar refractivity (Wildman–Crippen MR) is 66.3 cm³/mol. The van der Waals surface area contributed by atoms with E-state index in [0.29, 0.717) is 5.92 Å². The third-order valence-corrected chi connectivity index (χ3v) is 3.30. The van der Waals surface area contributed by atoms with Crippen LogP contribution >= 0.6 is 0 Å². The van der Waals surface area contributed by atoms with E-state index < -0.39 is 0 Å². The van der Waals surface area contributed by atoms with Crippen molar-refractivity contribution >= 4 is 5.69 Å². The van der Waals surface area contributed by atoms with E-state index in [1.54, 1.807) is 0 Å². The molecule has 1 aromatic carbocycles. The molecule has 1 aromatic rings. The monoisotopic (exact) mass is 214 g/mol. The third-order valence-electron chi connectivity index (χ3n) is 3.30. The average Bonchev–Trinajstić information content (AvgIpc) is 3.08. The van der Waals surface area contributed by atoms with Crippen molar-refractivity contribution in [1.29, 1.82) is 5.26 Å². The highest BCUT2D eigenvalue weighted by Crippen LogP contribution is 2.44.